The Labute approximate surface area is 151 Å². The number of hydrogen-bond donors (Lipinski definition) is 2. The summed E-state index contributed by atoms with van der Waals surface area (Å²) in [4.78, 5) is 0. The Morgan fingerprint density at radius 2 is 1.33 bits per heavy atom. The Hall–Kier alpha value is 0.780. The first-order valence-electron chi connectivity index (χ1n) is 6.66. The minimum absolute atomic E-state index is 0. The minimum atomic E-state index is -4.35. The molecule has 0 fully saturated rings. The molecule has 21 heavy (non-hydrogen) atoms. The average Bonchev–Trinajstić information content (AvgIpc) is 2.23. The third-order valence-electron chi connectivity index (χ3n) is 2.64. The fraction of sp³-hybridized carbons (Fsp3) is 1.00. The smallest absolute Gasteiger partial charge is 1.00 e. The number of rotatable bonds is 12. The predicted molar refractivity (Wildman–Crippen MR) is 77.1 cm³/mol. The van der Waals surface area contributed by atoms with Gasteiger partial charge in [-0.2, -0.15) is 16.8 Å². The van der Waals surface area contributed by atoms with Crippen molar-refractivity contribution in [3.05, 3.63) is 0 Å². The van der Waals surface area contributed by atoms with E-state index in [1.165, 1.54) is 0 Å². The second kappa shape index (κ2) is 12.2. The largest absolute Gasteiger partial charge is 1.00 e. The van der Waals surface area contributed by atoms with Crippen LogP contribution < -0.4 is 29.6 Å². The molecule has 0 atom stereocenters. The standard InChI is InChI=1S/C11H24O7S2.Na.H/c1-2-3-4-5-6-7-8-18-11(9-19(12,13)14)10-20(15,16)17;;/h11H,2-10H2,1H3,(H,12,13,14)(H,15,16,17);;/q;+1;-1. The van der Waals surface area contributed by atoms with Crippen LogP contribution in [0.25, 0.3) is 0 Å². The predicted octanol–water partition coefficient (Wildman–Crippen LogP) is -1.38. The summed E-state index contributed by atoms with van der Waals surface area (Å²) in [5.74, 6) is -1.69. The van der Waals surface area contributed by atoms with Crippen LogP contribution in [0.1, 0.15) is 46.9 Å². The SMILES string of the molecule is CCCCCCCCOC(CS(=O)(=O)O)CS(=O)(=O)O.[H-].[Na+]. The molecule has 0 aromatic rings. The Balaban J connectivity index is -0.00000180. The topological polar surface area (TPSA) is 118 Å². The van der Waals surface area contributed by atoms with E-state index in [0.29, 0.717) is 6.42 Å². The number of unbranched alkanes of at least 4 members (excludes halogenated alkanes) is 5. The van der Waals surface area contributed by atoms with Gasteiger partial charge in [-0.3, -0.25) is 9.11 Å². The van der Waals surface area contributed by atoms with Gasteiger partial charge in [0.15, 0.2) is 0 Å². The maximum Gasteiger partial charge on any atom is 1.00 e. The fourth-order valence-electron chi connectivity index (χ4n) is 1.75. The average molecular weight is 356 g/mol. The van der Waals surface area contributed by atoms with Gasteiger partial charge in [0.1, 0.15) is 11.5 Å². The Morgan fingerprint density at radius 1 is 0.905 bits per heavy atom. The third kappa shape index (κ3) is 18.7. The van der Waals surface area contributed by atoms with Crippen LogP contribution in [0.2, 0.25) is 0 Å². The number of hydrogen-bond acceptors (Lipinski definition) is 5. The molecule has 0 unspecified atom stereocenters. The van der Waals surface area contributed by atoms with E-state index >= 15 is 0 Å². The molecule has 0 aromatic heterocycles. The summed E-state index contributed by atoms with van der Waals surface area (Å²) < 4.78 is 65.5. The molecule has 0 aromatic carbocycles. The molecule has 0 heterocycles. The van der Waals surface area contributed by atoms with E-state index in [4.69, 9.17) is 13.8 Å². The zero-order chi connectivity index (χ0) is 15.6. The second-order valence-corrected chi connectivity index (χ2v) is 7.75. The monoisotopic (exact) mass is 356 g/mol. The van der Waals surface area contributed by atoms with Crippen LogP contribution in [-0.2, 0) is 25.0 Å². The Morgan fingerprint density at radius 3 is 1.76 bits per heavy atom. The molecule has 0 radical (unpaired) electrons. The molecule has 124 valence electrons. The van der Waals surface area contributed by atoms with E-state index in [1.54, 1.807) is 0 Å². The van der Waals surface area contributed by atoms with Gasteiger partial charge in [-0.25, -0.2) is 0 Å². The minimum Gasteiger partial charge on any atom is -1.00 e. The summed E-state index contributed by atoms with van der Waals surface area (Å²) in [6.07, 6.45) is 4.79. The molecule has 7 nitrogen and oxygen atoms in total. The van der Waals surface area contributed by atoms with Crippen LogP contribution in [0.3, 0.4) is 0 Å². The van der Waals surface area contributed by atoms with Gasteiger partial charge in [0.05, 0.1) is 6.10 Å². The van der Waals surface area contributed by atoms with Crippen LogP contribution >= 0.6 is 0 Å². The van der Waals surface area contributed by atoms with Crippen molar-refractivity contribution in [2.75, 3.05) is 18.1 Å². The molecule has 0 amide bonds. The number of ether oxygens (including phenoxy) is 1. The van der Waals surface area contributed by atoms with Crippen molar-refractivity contribution < 1.29 is 61.7 Å². The van der Waals surface area contributed by atoms with Gasteiger partial charge in [0.2, 0.25) is 0 Å². The van der Waals surface area contributed by atoms with Crippen LogP contribution in [0.4, 0.5) is 0 Å². The van der Waals surface area contributed by atoms with E-state index in [2.05, 4.69) is 6.92 Å². The van der Waals surface area contributed by atoms with Crippen molar-refractivity contribution >= 4 is 20.2 Å². The molecular weight excluding hydrogens is 331 g/mol. The summed E-state index contributed by atoms with van der Waals surface area (Å²) in [6, 6.07) is 0. The zero-order valence-electron chi connectivity index (χ0n) is 13.7. The van der Waals surface area contributed by atoms with E-state index in [-0.39, 0.29) is 37.6 Å². The molecule has 0 spiro atoms. The Kier molecular flexibility index (Phi) is 14.0. The summed E-state index contributed by atoms with van der Waals surface area (Å²) in [7, 11) is -8.70. The molecule has 0 aliphatic heterocycles. The molecule has 2 N–H and O–H groups in total. The van der Waals surface area contributed by atoms with E-state index < -0.39 is 37.8 Å². The van der Waals surface area contributed by atoms with Crippen LogP contribution in [0.15, 0.2) is 0 Å². The molecule has 0 rings (SSSR count). The molecule has 0 saturated heterocycles. The second-order valence-electron chi connectivity index (χ2n) is 4.76. The molecule has 0 saturated carbocycles. The normalized spacial score (nSPS) is 12.4. The van der Waals surface area contributed by atoms with Crippen molar-refractivity contribution in [2.24, 2.45) is 0 Å². The van der Waals surface area contributed by atoms with Crippen molar-refractivity contribution in [1.29, 1.82) is 0 Å². The quantitative estimate of drug-likeness (QED) is 0.251. The summed E-state index contributed by atoms with van der Waals surface area (Å²) in [6.45, 7) is 2.31. The molecule has 0 bridgehead atoms. The van der Waals surface area contributed by atoms with Crippen molar-refractivity contribution in [3.63, 3.8) is 0 Å². The van der Waals surface area contributed by atoms with Gasteiger partial charge < -0.3 is 6.16 Å². The van der Waals surface area contributed by atoms with Gasteiger partial charge in [0, 0.05) is 6.61 Å². The van der Waals surface area contributed by atoms with Gasteiger partial charge in [0.25, 0.3) is 20.2 Å². The van der Waals surface area contributed by atoms with Crippen LogP contribution in [-0.4, -0.2) is 50.2 Å². The maximum absolute atomic E-state index is 10.7. The van der Waals surface area contributed by atoms with Crippen molar-refractivity contribution in [2.45, 2.75) is 51.6 Å². The first kappa shape index (κ1) is 24.0. The van der Waals surface area contributed by atoms with E-state index in [1.807, 2.05) is 0 Å². The van der Waals surface area contributed by atoms with Crippen molar-refractivity contribution in [1.82, 2.24) is 0 Å². The molecule has 0 aliphatic rings. The Bertz CT molecular complexity index is 419. The van der Waals surface area contributed by atoms with Gasteiger partial charge >= 0.3 is 29.6 Å². The summed E-state index contributed by atoms with van der Waals surface area (Å²) >= 11 is 0. The van der Waals surface area contributed by atoms with E-state index in [0.717, 1.165) is 32.1 Å². The molecular formula is C11H25NaO7S2. The van der Waals surface area contributed by atoms with Gasteiger partial charge in [-0.15, -0.1) is 0 Å². The summed E-state index contributed by atoms with van der Waals surface area (Å²) in [5.41, 5.74) is 0. The molecule has 0 aliphatic carbocycles. The van der Waals surface area contributed by atoms with Gasteiger partial charge in [-0.1, -0.05) is 39.0 Å². The fourth-order valence-corrected chi connectivity index (χ4v) is 3.26. The van der Waals surface area contributed by atoms with E-state index in [9.17, 15) is 16.8 Å². The maximum atomic E-state index is 10.7. The third-order valence-corrected chi connectivity index (χ3v) is 4.23. The van der Waals surface area contributed by atoms with Crippen molar-refractivity contribution in [3.8, 4) is 0 Å². The van der Waals surface area contributed by atoms with Gasteiger partial charge in [-0.05, 0) is 6.42 Å². The molecule has 10 heteroatoms. The van der Waals surface area contributed by atoms with Crippen LogP contribution in [0, 0.1) is 0 Å². The summed E-state index contributed by atoms with van der Waals surface area (Å²) in [5, 5.41) is 0. The zero-order valence-corrected chi connectivity index (χ0v) is 16.3. The van der Waals surface area contributed by atoms with Crippen LogP contribution in [0.5, 0.6) is 0 Å². The first-order valence-corrected chi connectivity index (χ1v) is 9.88. The first-order chi connectivity index (χ1) is 9.14.